The third-order valence-electron chi connectivity index (χ3n) is 3.32. The van der Waals surface area contributed by atoms with E-state index in [0.717, 1.165) is 5.56 Å². The van der Waals surface area contributed by atoms with Crippen molar-refractivity contribution in [3.63, 3.8) is 0 Å². The number of carbonyl (C=O) groups is 1. The second-order valence-corrected chi connectivity index (χ2v) is 5.10. The van der Waals surface area contributed by atoms with Gasteiger partial charge in [-0.3, -0.25) is 4.79 Å². The van der Waals surface area contributed by atoms with Crippen molar-refractivity contribution in [3.05, 3.63) is 58.6 Å². The van der Waals surface area contributed by atoms with Crippen LogP contribution in [-0.2, 0) is 6.42 Å². The summed E-state index contributed by atoms with van der Waals surface area (Å²) in [5, 5.41) is 0.659. The van der Waals surface area contributed by atoms with Gasteiger partial charge in [0.15, 0.2) is 6.10 Å². The maximum Gasteiger partial charge on any atom is 0.207 e. The first-order valence-corrected chi connectivity index (χ1v) is 6.68. The van der Waals surface area contributed by atoms with Gasteiger partial charge in [0.2, 0.25) is 5.78 Å². The zero-order valence-corrected chi connectivity index (χ0v) is 11.7. The summed E-state index contributed by atoms with van der Waals surface area (Å²) in [4.78, 5) is 12.3. The molecule has 0 radical (unpaired) electrons. The van der Waals surface area contributed by atoms with Crippen LogP contribution in [0, 0.1) is 0 Å². The van der Waals surface area contributed by atoms with E-state index in [0.29, 0.717) is 28.5 Å². The normalized spacial score (nSPS) is 16.7. The number of ether oxygens (including phenoxy) is 2. The minimum Gasteiger partial charge on any atom is -0.497 e. The molecule has 0 spiro atoms. The molecule has 20 heavy (non-hydrogen) atoms. The predicted molar refractivity (Wildman–Crippen MR) is 76.9 cm³/mol. The quantitative estimate of drug-likeness (QED) is 0.867. The lowest BCUT2D eigenvalue weighted by Crippen LogP contribution is -2.23. The molecule has 4 heteroatoms. The minimum atomic E-state index is -0.490. The highest BCUT2D eigenvalue weighted by atomic mass is 35.5. The van der Waals surface area contributed by atoms with Crippen LogP contribution in [0.25, 0.3) is 0 Å². The molecular formula is C16H13ClO3. The summed E-state index contributed by atoms with van der Waals surface area (Å²) < 4.78 is 10.8. The maximum atomic E-state index is 12.3. The Morgan fingerprint density at radius 3 is 2.85 bits per heavy atom. The van der Waals surface area contributed by atoms with Crippen LogP contribution in [-0.4, -0.2) is 19.0 Å². The first-order valence-electron chi connectivity index (χ1n) is 6.31. The molecule has 0 bridgehead atoms. The first kappa shape index (κ1) is 13.0. The molecule has 0 fully saturated rings. The Morgan fingerprint density at radius 1 is 1.25 bits per heavy atom. The number of ketones is 1. The Hall–Kier alpha value is -2.00. The van der Waals surface area contributed by atoms with Gasteiger partial charge in [-0.15, -0.1) is 0 Å². The van der Waals surface area contributed by atoms with Gasteiger partial charge in [0, 0.05) is 11.4 Å². The molecule has 0 saturated heterocycles. The van der Waals surface area contributed by atoms with Crippen LogP contribution in [0.5, 0.6) is 11.5 Å². The summed E-state index contributed by atoms with van der Waals surface area (Å²) in [6.07, 6.45) is 0.0201. The number of benzene rings is 2. The van der Waals surface area contributed by atoms with Gasteiger partial charge in [-0.1, -0.05) is 23.7 Å². The molecule has 0 N–H and O–H groups in total. The van der Waals surface area contributed by atoms with Gasteiger partial charge >= 0.3 is 0 Å². The largest absolute Gasteiger partial charge is 0.497 e. The van der Waals surface area contributed by atoms with Crippen LogP contribution in [0.4, 0.5) is 0 Å². The molecule has 0 amide bonds. The van der Waals surface area contributed by atoms with Crippen LogP contribution in [0.2, 0.25) is 5.02 Å². The number of fused-ring (bicyclic) bond motifs is 1. The van der Waals surface area contributed by atoms with Crippen molar-refractivity contribution in [2.45, 2.75) is 12.5 Å². The van der Waals surface area contributed by atoms with E-state index in [1.165, 1.54) is 0 Å². The average Bonchev–Trinajstić information content (AvgIpc) is 2.75. The molecule has 3 rings (SSSR count). The summed E-state index contributed by atoms with van der Waals surface area (Å²) in [5.74, 6) is 1.26. The number of hydrogen-bond donors (Lipinski definition) is 0. The lowest BCUT2D eigenvalue weighted by molar-refractivity contribution is 0.0857. The van der Waals surface area contributed by atoms with Crippen LogP contribution in [0.3, 0.4) is 0 Å². The van der Waals surface area contributed by atoms with E-state index in [9.17, 15) is 4.79 Å². The van der Waals surface area contributed by atoms with Gasteiger partial charge in [0.25, 0.3) is 0 Å². The van der Waals surface area contributed by atoms with E-state index in [2.05, 4.69) is 0 Å². The SMILES string of the molecule is COc1ccc2c(c1)C(=O)[C@@H](Cc1cccc(Cl)c1)O2. The maximum absolute atomic E-state index is 12.3. The monoisotopic (exact) mass is 288 g/mol. The Morgan fingerprint density at radius 2 is 2.10 bits per heavy atom. The molecule has 1 heterocycles. The summed E-state index contributed by atoms with van der Waals surface area (Å²) in [6, 6.07) is 12.7. The van der Waals surface area contributed by atoms with E-state index < -0.39 is 6.10 Å². The van der Waals surface area contributed by atoms with Gasteiger partial charge in [-0.05, 0) is 35.9 Å². The molecule has 0 aromatic heterocycles. The third kappa shape index (κ3) is 2.37. The van der Waals surface area contributed by atoms with Gasteiger partial charge in [-0.2, -0.15) is 0 Å². The van der Waals surface area contributed by atoms with E-state index >= 15 is 0 Å². The highest BCUT2D eigenvalue weighted by molar-refractivity contribution is 6.30. The first-order chi connectivity index (χ1) is 9.67. The smallest absolute Gasteiger partial charge is 0.207 e. The number of halogens is 1. The second kappa shape index (κ2) is 5.17. The molecule has 0 aliphatic carbocycles. The molecule has 0 saturated carbocycles. The van der Waals surface area contributed by atoms with Gasteiger partial charge < -0.3 is 9.47 Å². The minimum absolute atomic E-state index is 0.0149. The highest BCUT2D eigenvalue weighted by Gasteiger charge is 2.32. The van der Waals surface area contributed by atoms with Crippen molar-refractivity contribution in [2.24, 2.45) is 0 Å². The summed E-state index contributed by atoms with van der Waals surface area (Å²) in [5.41, 5.74) is 1.56. The fourth-order valence-electron chi connectivity index (χ4n) is 2.32. The molecule has 1 atom stereocenters. The zero-order chi connectivity index (χ0) is 14.1. The van der Waals surface area contributed by atoms with Gasteiger partial charge in [0.05, 0.1) is 12.7 Å². The zero-order valence-electron chi connectivity index (χ0n) is 10.9. The van der Waals surface area contributed by atoms with E-state index in [1.807, 2.05) is 24.3 Å². The van der Waals surface area contributed by atoms with Gasteiger partial charge in [0.1, 0.15) is 11.5 Å². The topological polar surface area (TPSA) is 35.5 Å². The number of rotatable bonds is 3. The van der Waals surface area contributed by atoms with Crippen LogP contribution in [0.1, 0.15) is 15.9 Å². The molecule has 2 aromatic carbocycles. The Labute approximate surface area is 122 Å². The molecular weight excluding hydrogens is 276 g/mol. The molecule has 3 nitrogen and oxygen atoms in total. The predicted octanol–water partition coefficient (Wildman–Crippen LogP) is 3.54. The van der Waals surface area contributed by atoms with Crippen molar-refractivity contribution in [2.75, 3.05) is 7.11 Å². The number of carbonyl (C=O) groups excluding carboxylic acids is 1. The second-order valence-electron chi connectivity index (χ2n) is 4.67. The fraction of sp³-hybridized carbons (Fsp3) is 0.188. The molecule has 1 aliphatic rings. The van der Waals surface area contributed by atoms with E-state index in [-0.39, 0.29) is 5.78 Å². The molecule has 1 aliphatic heterocycles. The van der Waals surface area contributed by atoms with Crippen LogP contribution >= 0.6 is 11.6 Å². The molecule has 102 valence electrons. The number of Topliss-reactive ketones (excluding diaryl/α,β-unsaturated/α-hetero) is 1. The summed E-state index contributed by atoms with van der Waals surface area (Å²) in [7, 11) is 1.57. The lowest BCUT2D eigenvalue weighted by atomic mass is 10.0. The summed E-state index contributed by atoms with van der Waals surface area (Å²) >= 11 is 5.95. The van der Waals surface area contributed by atoms with Crippen molar-refractivity contribution in [1.29, 1.82) is 0 Å². The van der Waals surface area contributed by atoms with Crippen LogP contribution < -0.4 is 9.47 Å². The van der Waals surface area contributed by atoms with Crippen molar-refractivity contribution >= 4 is 17.4 Å². The van der Waals surface area contributed by atoms with Gasteiger partial charge in [-0.25, -0.2) is 0 Å². The number of methoxy groups -OCH3 is 1. The van der Waals surface area contributed by atoms with E-state index in [4.69, 9.17) is 21.1 Å². The fourth-order valence-corrected chi connectivity index (χ4v) is 2.54. The van der Waals surface area contributed by atoms with Crippen molar-refractivity contribution in [3.8, 4) is 11.5 Å². The Kier molecular flexibility index (Phi) is 3.36. The third-order valence-corrected chi connectivity index (χ3v) is 3.56. The summed E-state index contributed by atoms with van der Waals surface area (Å²) in [6.45, 7) is 0. The highest BCUT2D eigenvalue weighted by Crippen LogP contribution is 2.33. The lowest BCUT2D eigenvalue weighted by Gasteiger charge is -2.09. The molecule has 2 aromatic rings. The van der Waals surface area contributed by atoms with Crippen molar-refractivity contribution < 1.29 is 14.3 Å². The Bertz CT molecular complexity index is 667. The number of hydrogen-bond acceptors (Lipinski definition) is 3. The van der Waals surface area contributed by atoms with E-state index in [1.54, 1.807) is 25.3 Å². The standard InChI is InChI=1S/C16H13ClO3/c1-19-12-5-6-14-13(9-12)16(18)15(20-14)8-10-3-2-4-11(17)7-10/h2-7,9,15H,8H2,1H3/t15-/m1/s1. The average molecular weight is 289 g/mol. The van der Waals surface area contributed by atoms with Crippen LogP contribution in [0.15, 0.2) is 42.5 Å². The Balaban J connectivity index is 1.83. The molecule has 0 unspecified atom stereocenters. The van der Waals surface area contributed by atoms with Crippen molar-refractivity contribution in [1.82, 2.24) is 0 Å².